The number of imide groups is 3. The lowest BCUT2D eigenvalue weighted by atomic mass is 9.98. The zero-order chi connectivity index (χ0) is 94.4. The Kier molecular flexibility index (Phi) is 45.0. The Bertz CT molecular complexity index is 4680. The molecule has 7 fully saturated rings. The summed E-state index contributed by atoms with van der Waals surface area (Å²) < 4.78 is 44.5. The van der Waals surface area contributed by atoms with Crippen LogP contribution < -0.4 is 31.9 Å². The highest BCUT2D eigenvalue weighted by atomic mass is 32.2. The maximum Gasteiger partial charge on any atom is 0.337 e. The molecule has 4 aromatic carbocycles. The number of benzene rings is 4. The molecule has 34 nitrogen and oxygen atoms in total. The van der Waals surface area contributed by atoms with E-state index < -0.39 is 88.1 Å². The second kappa shape index (κ2) is 56.2. The predicted molar refractivity (Wildman–Crippen MR) is 504 cm³/mol. The molecule has 7 aliphatic heterocycles. The summed E-state index contributed by atoms with van der Waals surface area (Å²) in [7, 11) is 0. The fraction of sp³-hybridized carbons (Fsp3) is 0.553. The summed E-state index contributed by atoms with van der Waals surface area (Å²) in [5, 5.41) is 26.6. The number of nitrogens with one attached hydrogen (secondary N) is 7. The number of ketones is 2. The number of carbonyl (C=O) groups is 16. The summed E-state index contributed by atoms with van der Waals surface area (Å²) >= 11 is 9.09. The fourth-order valence-electron chi connectivity index (χ4n) is 16.9. The van der Waals surface area contributed by atoms with Crippen LogP contribution in [-0.4, -0.2) is 275 Å². The van der Waals surface area contributed by atoms with Crippen molar-refractivity contribution >= 4 is 154 Å². The number of Topliss-reactive ketones (excluding diaryl/α,β-unsaturated/α-hetero) is 2. The molecule has 2 aliphatic carbocycles. The van der Waals surface area contributed by atoms with Gasteiger partial charge in [-0.1, -0.05) is 125 Å². The van der Waals surface area contributed by atoms with Gasteiger partial charge in [-0.05, 0) is 83.0 Å². The maximum absolute atomic E-state index is 13.4. The number of terminal acetylenes is 1. The van der Waals surface area contributed by atoms with Gasteiger partial charge in [-0.3, -0.25) is 72.1 Å². The second-order valence-electron chi connectivity index (χ2n) is 32.4. The van der Waals surface area contributed by atoms with E-state index in [1.54, 1.807) is 0 Å². The lowest BCUT2D eigenvalue weighted by Crippen LogP contribution is -2.37. The lowest BCUT2D eigenvalue weighted by molar-refractivity contribution is -0.200. The van der Waals surface area contributed by atoms with E-state index in [9.17, 15) is 81.8 Å². The summed E-state index contributed by atoms with van der Waals surface area (Å²) in [6.45, 7) is 2.94. The van der Waals surface area contributed by atoms with Gasteiger partial charge in [-0.15, -0.1) is 41.4 Å². The average Bonchev–Trinajstić information content (AvgIpc) is 1.61. The number of carboxylic acid groups (broad SMARTS) is 1. The van der Waals surface area contributed by atoms with Crippen molar-refractivity contribution in [3.63, 3.8) is 0 Å². The number of hydrogen-bond donors (Lipinski definition) is 8. The standard InChI is InChI=1S/C47H57N5O13S2.C43H54N4O11S2.C2H2.2CH4.HNS/c53-30(8-1-6-14-37-44-36(28-67-37)49-47(61)50-44)9-7-20-62-22-23-63-21-18-48-39(54)17-19-51-42(57)25-38(45(51)59)66-27-29(46(60)65-52-40(55)15-16-41(52)56)24-43(58)64-26-35-33-12-4-2-10-31(33)32-11-3-5-13-34(32)35;48-28(8-1-6-14-35-40-34(26-60-35)45-43(55)46-40)9-7-18-56-20-21-57-19-16-44-37(49)15-17-47-38(50)23-36(41(47)52)59-25-27(42(53)54)22-39(51)58-24-33-31-12-4-2-10-29(31)30-11-3-5-13-32(30)33;1-2;;;1-2/h2-5,10-13,29,35-38,44H,1,6-9,14-28H2,(H,48,54)(H2,49,50,61);2-5,10-13,27,33-36,40H,1,6-9,14-26H2,(H,44,49)(H,53,54)(H2,45,46,55);1-2H;2*1H4;1H/i;;1D;;;. The minimum absolute atomic E-state index is 0. The van der Waals surface area contributed by atoms with Gasteiger partial charge in [0.25, 0.3) is 11.8 Å². The van der Waals surface area contributed by atoms with Gasteiger partial charge in [-0.2, -0.15) is 23.5 Å². The highest BCUT2D eigenvalue weighted by molar-refractivity contribution is 8.01. The van der Waals surface area contributed by atoms with E-state index in [0.29, 0.717) is 93.7 Å². The van der Waals surface area contributed by atoms with E-state index in [4.69, 9.17) is 39.4 Å². The Morgan fingerprint density at radius 1 is 0.496 bits per heavy atom. The van der Waals surface area contributed by atoms with Crippen LogP contribution in [0.15, 0.2) is 97.1 Å². The maximum atomic E-state index is 13.4. The molecule has 12 amide bonds. The number of carbonyl (C=O) groups excluding carboxylic acids is 15. The van der Waals surface area contributed by atoms with Crippen molar-refractivity contribution in [2.45, 2.75) is 200 Å². The smallest absolute Gasteiger partial charge is 0.337 e. The molecule has 7 saturated heterocycles. The molecule has 0 aromatic heterocycles. The molecule has 8 N–H and O–H groups in total. The summed E-state index contributed by atoms with van der Waals surface area (Å²) in [5.41, 5.74) is 8.34. The number of unbranched alkanes of at least 4 members (excludes halogenated alkanes) is 2. The van der Waals surface area contributed by atoms with Crippen LogP contribution in [0.3, 0.4) is 0 Å². The molecule has 10 atom stereocenters. The zero-order valence-corrected chi connectivity index (χ0v) is 76.9. The molecule has 9 aliphatic rings. The quantitative estimate of drug-likeness (QED) is 0.00671. The van der Waals surface area contributed by atoms with Gasteiger partial charge in [0.1, 0.15) is 26.2 Å². The number of amides is 12. The monoisotopic (exact) mass is 1940 g/mol. The van der Waals surface area contributed by atoms with Crippen molar-refractivity contribution in [1.29, 1.82) is 4.78 Å². The summed E-state index contributed by atoms with van der Waals surface area (Å²) in [5.74, 6) is -8.30. The van der Waals surface area contributed by atoms with Crippen LogP contribution in [-0.2, 0) is 113 Å². The lowest BCUT2D eigenvalue weighted by Gasteiger charge is -2.20. The van der Waals surface area contributed by atoms with E-state index >= 15 is 0 Å². The number of likely N-dealkylation sites (tertiary alicyclic amines) is 2. The van der Waals surface area contributed by atoms with Crippen molar-refractivity contribution in [1.82, 2.24) is 46.8 Å². The van der Waals surface area contributed by atoms with Crippen molar-refractivity contribution in [2.24, 2.45) is 11.8 Å². The molecule has 10 unspecified atom stereocenters. The van der Waals surface area contributed by atoms with Gasteiger partial charge < -0.3 is 70.3 Å². The third kappa shape index (κ3) is 31.7. The van der Waals surface area contributed by atoms with Crippen LogP contribution in [0.4, 0.5) is 9.59 Å². The molecule has 4 aromatic rings. The Morgan fingerprint density at radius 3 is 1.25 bits per heavy atom. The van der Waals surface area contributed by atoms with Crippen LogP contribution in [0.5, 0.6) is 0 Å². The first-order valence-corrected chi connectivity index (χ1v) is 48.8. The minimum Gasteiger partial charge on any atom is -0.481 e. The van der Waals surface area contributed by atoms with Crippen molar-refractivity contribution in [2.75, 3.05) is 115 Å². The average molecular weight is 1940 g/mol. The molecule has 133 heavy (non-hydrogen) atoms. The predicted octanol–water partition coefficient (Wildman–Crippen LogP) is 9.16. The van der Waals surface area contributed by atoms with Gasteiger partial charge in [0.15, 0.2) is 0 Å². The van der Waals surface area contributed by atoms with Crippen LogP contribution in [0.1, 0.15) is 179 Å². The molecule has 0 bridgehead atoms. The largest absolute Gasteiger partial charge is 0.481 e. The third-order valence-electron chi connectivity index (χ3n) is 23.6. The van der Waals surface area contributed by atoms with Gasteiger partial charge in [0.05, 0.1) is 99.0 Å². The highest BCUT2D eigenvalue weighted by Gasteiger charge is 2.47. The van der Waals surface area contributed by atoms with Crippen LogP contribution >= 0.6 is 47.0 Å². The molecular weight excluding hydrogens is 1810 g/mol. The molecule has 0 spiro atoms. The van der Waals surface area contributed by atoms with E-state index in [1.807, 2.05) is 121 Å². The molecule has 0 saturated carbocycles. The number of urea groups is 2. The van der Waals surface area contributed by atoms with E-state index in [1.165, 1.54) is 6.40 Å². The third-order valence-corrected chi connectivity index (χ3v) is 29.4. The number of aliphatic carboxylic acids is 1. The Balaban J connectivity index is 0.000000312. The van der Waals surface area contributed by atoms with Crippen LogP contribution in [0.25, 0.3) is 22.3 Å². The first-order chi connectivity index (χ1) is 64.0. The number of carboxylic acids is 1. The van der Waals surface area contributed by atoms with Crippen LogP contribution in [0, 0.1) is 29.4 Å². The summed E-state index contributed by atoms with van der Waals surface area (Å²) in [6.07, 6.45) is 13.0. The number of thioether (sulfide) groups is 4. The van der Waals surface area contributed by atoms with E-state index in [2.05, 4.69) is 50.7 Å². The molecular formula is C94H122N10O24S5. The Morgan fingerprint density at radius 2 is 0.857 bits per heavy atom. The summed E-state index contributed by atoms with van der Waals surface area (Å²) in [4.78, 5) is 208. The Labute approximate surface area is 799 Å². The number of hydrogen-bond acceptors (Lipinski definition) is 29. The van der Waals surface area contributed by atoms with E-state index in [0.717, 1.165) is 128 Å². The van der Waals surface area contributed by atoms with Gasteiger partial charge >= 0.3 is 35.9 Å². The number of rotatable bonds is 53. The molecule has 722 valence electrons. The minimum atomic E-state index is -1.23. The van der Waals surface area contributed by atoms with Gasteiger partial charge in [0, 0.05) is 161 Å². The highest BCUT2D eigenvalue weighted by Crippen LogP contribution is 2.47. The molecule has 39 heteroatoms. The SMILES string of the molecule is C.C.N=S.O=C(CCCCC1SCC2NC(=O)NC21)CCCOCCOCCNC(=O)CCN1C(=O)CC(SCC(CC(=O)OCC2c3ccccc3-c3ccccc32)C(=O)O)C1=O.O=C(CCCCC1SCC2NC(=O)NC21)CCCOCCOCCNC(=O)CCN1C(=O)CC(SCC(CC(=O)OCC2c3ccccc3-c3ccccc32)C(=O)ON2C(=O)CCC2=O)C1=O.[2H]C#C. The first-order valence-electron chi connectivity index (χ1n) is 44.7. The van der Waals surface area contributed by atoms with Gasteiger partial charge in [0.2, 0.25) is 35.4 Å². The second-order valence-corrected chi connectivity index (χ2v) is 37.5. The number of esters is 2. The molecule has 13 rings (SSSR count). The zero-order valence-electron chi connectivity index (χ0n) is 73.8. The van der Waals surface area contributed by atoms with E-state index in [-0.39, 0.29) is 195 Å². The summed E-state index contributed by atoms with van der Waals surface area (Å²) in [6, 6.07) is 32.1. The number of fused-ring (bicyclic) bond motifs is 8. The first kappa shape index (κ1) is 107. The molecule has 7 heterocycles. The fourth-order valence-corrected chi connectivity index (χ4v) is 22.5. The molecule has 0 radical (unpaired) electrons. The van der Waals surface area contributed by atoms with Crippen molar-refractivity contribution in [3.8, 4) is 35.1 Å². The number of nitrogens with zero attached hydrogens (tertiary/aromatic N) is 3. The Hall–Kier alpha value is -10.2. The number of ether oxygens (including phenoxy) is 6. The van der Waals surface area contributed by atoms with Crippen LogP contribution in [0.2, 0.25) is 0 Å². The normalized spacial score (nSPS) is 20.2. The van der Waals surface area contributed by atoms with Gasteiger partial charge in [-0.25, -0.2) is 19.2 Å². The number of hydroxylamine groups is 2. The topological polar surface area (TPSA) is 464 Å². The van der Waals surface area contributed by atoms with Crippen molar-refractivity contribution < 1.29 is 116 Å². The van der Waals surface area contributed by atoms with Crippen molar-refractivity contribution in [3.05, 3.63) is 119 Å².